The number of nitrogens with one attached hydrogen (secondary N) is 1. The molecule has 1 unspecified atom stereocenters. The van der Waals surface area contributed by atoms with Crippen LogP contribution in [0.5, 0.6) is 0 Å². The number of carbonyl (C=O) groups is 1. The summed E-state index contributed by atoms with van der Waals surface area (Å²) in [5.41, 5.74) is 1.43. The Kier molecular flexibility index (Phi) is 4.94. The molecule has 1 fully saturated rings. The van der Waals surface area contributed by atoms with Crippen molar-refractivity contribution < 1.29 is 9.53 Å². The third-order valence-corrected chi connectivity index (χ3v) is 3.97. The molecular weight excluding hydrogens is 296 g/mol. The monoisotopic (exact) mass is 316 g/mol. The Morgan fingerprint density at radius 3 is 2.70 bits per heavy atom. The van der Waals surface area contributed by atoms with Gasteiger partial charge in [0.15, 0.2) is 0 Å². The van der Waals surface area contributed by atoms with Crippen molar-refractivity contribution >= 4 is 5.91 Å². The van der Waals surface area contributed by atoms with Crippen LogP contribution in [0.1, 0.15) is 17.3 Å². The number of benzene rings is 1. The molecule has 122 valence electrons. The van der Waals surface area contributed by atoms with Crippen LogP contribution < -0.4 is 5.32 Å². The Hall–Kier alpha value is -2.32. The number of tetrazole rings is 1. The lowest BCUT2D eigenvalue weighted by Gasteiger charge is -2.32. The number of hydrogen-bond acceptors (Lipinski definition) is 6. The van der Waals surface area contributed by atoms with E-state index in [1.54, 1.807) is 16.8 Å². The average molecular weight is 316 g/mol. The van der Waals surface area contributed by atoms with Gasteiger partial charge in [0.25, 0.3) is 5.91 Å². The summed E-state index contributed by atoms with van der Waals surface area (Å²) in [5, 5.41) is 14.0. The second-order valence-electron chi connectivity index (χ2n) is 5.51. The van der Waals surface area contributed by atoms with Gasteiger partial charge in [0, 0.05) is 31.2 Å². The number of hydrogen-bond donors (Lipinski definition) is 1. The zero-order chi connectivity index (χ0) is 16.1. The van der Waals surface area contributed by atoms with E-state index < -0.39 is 0 Å². The molecule has 1 aromatic heterocycles. The summed E-state index contributed by atoms with van der Waals surface area (Å²) in [6.45, 7) is 6.09. The molecule has 1 aromatic carbocycles. The highest BCUT2D eigenvalue weighted by Gasteiger charge is 2.17. The topological polar surface area (TPSA) is 85.2 Å². The van der Waals surface area contributed by atoms with Crippen molar-refractivity contribution in [2.45, 2.75) is 13.0 Å². The highest BCUT2D eigenvalue weighted by molar-refractivity contribution is 5.94. The van der Waals surface area contributed by atoms with Crippen molar-refractivity contribution in [1.29, 1.82) is 0 Å². The Labute approximate surface area is 134 Å². The number of aromatic nitrogens is 4. The molecule has 0 bridgehead atoms. The smallest absolute Gasteiger partial charge is 0.251 e. The fourth-order valence-corrected chi connectivity index (χ4v) is 2.53. The molecule has 8 nitrogen and oxygen atoms in total. The molecule has 2 heterocycles. The molecule has 1 saturated heterocycles. The first-order chi connectivity index (χ1) is 11.2. The molecule has 2 aromatic rings. The van der Waals surface area contributed by atoms with Gasteiger partial charge >= 0.3 is 0 Å². The van der Waals surface area contributed by atoms with Gasteiger partial charge in [0.2, 0.25) is 0 Å². The van der Waals surface area contributed by atoms with Crippen molar-refractivity contribution in [1.82, 2.24) is 30.4 Å². The van der Waals surface area contributed by atoms with Crippen LogP contribution >= 0.6 is 0 Å². The molecule has 1 aliphatic heterocycles. The second kappa shape index (κ2) is 7.30. The van der Waals surface area contributed by atoms with Gasteiger partial charge in [-0.05, 0) is 41.6 Å². The van der Waals surface area contributed by atoms with E-state index >= 15 is 0 Å². The first-order valence-corrected chi connectivity index (χ1v) is 7.67. The lowest BCUT2D eigenvalue weighted by molar-refractivity contribution is 0.0204. The summed E-state index contributed by atoms with van der Waals surface area (Å²) in [5.74, 6) is -0.0756. The van der Waals surface area contributed by atoms with E-state index in [0.717, 1.165) is 32.0 Å². The summed E-state index contributed by atoms with van der Waals surface area (Å²) in [6, 6.07) is 7.47. The average Bonchev–Trinajstić information content (AvgIpc) is 3.15. The van der Waals surface area contributed by atoms with Gasteiger partial charge in [0.1, 0.15) is 6.33 Å². The predicted octanol–water partition coefficient (Wildman–Crippen LogP) is 0.113. The van der Waals surface area contributed by atoms with E-state index in [2.05, 4.69) is 32.7 Å². The number of rotatable bonds is 5. The molecule has 1 amide bonds. The minimum absolute atomic E-state index is 0.0756. The second-order valence-corrected chi connectivity index (χ2v) is 5.51. The zero-order valence-electron chi connectivity index (χ0n) is 13.1. The third-order valence-electron chi connectivity index (χ3n) is 3.97. The quantitative estimate of drug-likeness (QED) is 0.843. The van der Waals surface area contributed by atoms with Crippen molar-refractivity contribution in [2.75, 3.05) is 32.8 Å². The first-order valence-electron chi connectivity index (χ1n) is 7.67. The molecule has 3 rings (SSSR count). The van der Waals surface area contributed by atoms with E-state index in [-0.39, 0.29) is 5.91 Å². The normalized spacial score (nSPS) is 16.9. The summed E-state index contributed by atoms with van der Waals surface area (Å²) in [4.78, 5) is 14.6. The number of ether oxygens (including phenoxy) is 1. The van der Waals surface area contributed by atoms with Crippen LogP contribution in [-0.4, -0.2) is 69.9 Å². The highest BCUT2D eigenvalue weighted by atomic mass is 16.5. The van der Waals surface area contributed by atoms with Gasteiger partial charge in [-0.3, -0.25) is 9.69 Å². The minimum atomic E-state index is -0.0756. The summed E-state index contributed by atoms with van der Waals surface area (Å²) in [7, 11) is 0. The molecule has 23 heavy (non-hydrogen) atoms. The molecule has 1 N–H and O–H groups in total. The Bertz CT molecular complexity index is 622. The van der Waals surface area contributed by atoms with E-state index in [4.69, 9.17) is 4.74 Å². The van der Waals surface area contributed by atoms with Crippen molar-refractivity contribution in [2.24, 2.45) is 0 Å². The van der Waals surface area contributed by atoms with Crippen molar-refractivity contribution in [3.05, 3.63) is 36.2 Å². The van der Waals surface area contributed by atoms with E-state index in [9.17, 15) is 4.79 Å². The molecule has 0 spiro atoms. The lowest BCUT2D eigenvalue weighted by Crippen LogP contribution is -2.47. The predicted molar refractivity (Wildman–Crippen MR) is 83.3 cm³/mol. The fraction of sp³-hybridized carbons (Fsp3) is 0.467. The number of amides is 1. The van der Waals surface area contributed by atoms with Crippen molar-refractivity contribution in [3.63, 3.8) is 0 Å². The molecule has 0 aliphatic carbocycles. The van der Waals surface area contributed by atoms with Gasteiger partial charge < -0.3 is 10.1 Å². The summed E-state index contributed by atoms with van der Waals surface area (Å²) in [6.07, 6.45) is 1.51. The Morgan fingerprint density at radius 2 is 2.04 bits per heavy atom. The maximum absolute atomic E-state index is 12.2. The molecule has 0 radical (unpaired) electrons. The van der Waals surface area contributed by atoms with Crippen LogP contribution in [-0.2, 0) is 4.74 Å². The minimum Gasteiger partial charge on any atom is -0.379 e. The van der Waals surface area contributed by atoms with Gasteiger partial charge in [-0.2, -0.15) is 0 Å². The number of morpholine rings is 1. The molecule has 1 atom stereocenters. The van der Waals surface area contributed by atoms with Gasteiger partial charge in [-0.25, -0.2) is 4.68 Å². The van der Waals surface area contributed by atoms with Gasteiger partial charge in [-0.15, -0.1) is 5.10 Å². The highest BCUT2D eigenvalue weighted by Crippen LogP contribution is 2.08. The van der Waals surface area contributed by atoms with E-state index in [0.29, 0.717) is 18.2 Å². The Morgan fingerprint density at radius 1 is 1.30 bits per heavy atom. The fourth-order valence-electron chi connectivity index (χ4n) is 2.53. The lowest BCUT2D eigenvalue weighted by atomic mass is 10.2. The van der Waals surface area contributed by atoms with Crippen LogP contribution in [0.2, 0.25) is 0 Å². The molecule has 8 heteroatoms. The van der Waals surface area contributed by atoms with Crippen LogP contribution in [0.3, 0.4) is 0 Å². The maximum atomic E-state index is 12.2. The number of nitrogens with zero attached hydrogens (tertiary/aromatic N) is 5. The molecular formula is C15H20N6O2. The zero-order valence-corrected chi connectivity index (χ0v) is 13.1. The van der Waals surface area contributed by atoms with Gasteiger partial charge in [0.05, 0.1) is 18.9 Å². The van der Waals surface area contributed by atoms with Crippen LogP contribution in [0.25, 0.3) is 5.69 Å². The van der Waals surface area contributed by atoms with E-state index in [1.807, 2.05) is 12.1 Å². The van der Waals surface area contributed by atoms with Gasteiger partial charge in [-0.1, -0.05) is 0 Å². The number of carbonyl (C=O) groups excluding carboxylic acids is 1. The largest absolute Gasteiger partial charge is 0.379 e. The Balaban J connectivity index is 1.53. The van der Waals surface area contributed by atoms with Crippen LogP contribution in [0.4, 0.5) is 0 Å². The first kappa shape index (κ1) is 15.6. The summed E-state index contributed by atoms with van der Waals surface area (Å²) >= 11 is 0. The summed E-state index contributed by atoms with van der Waals surface area (Å²) < 4.78 is 6.89. The van der Waals surface area contributed by atoms with Crippen LogP contribution in [0.15, 0.2) is 30.6 Å². The molecule has 1 aliphatic rings. The maximum Gasteiger partial charge on any atom is 0.251 e. The SMILES string of the molecule is CC(CNC(=O)c1ccc(-n2cnnn2)cc1)N1CCOCC1. The van der Waals surface area contributed by atoms with E-state index in [1.165, 1.54) is 6.33 Å². The third kappa shape index (κ3) is 3.91. The van der Waals surface area contributed by atoms with Crippen LogP contribution in [0, 0.1) is 0 Å². The molecule has 0 saturated carbocycles. The van der Waals surface area contributed by atoms with Crippen molar-refractivity contribution in [3.8, 4) is 5.69 Å². The standard InChI is InChI=1S/C15H20N6O2/c1-12(20-6-8-23-9-7-20)10-16-15(22)13-2-4-14(5-3-13)21-11-17-18-19-21/h2-5,11-12H,6-10H2,1H3,(H,16,22).